The number of rotatable bonds is 9. The number of aryl methyl sites for hydroxylation is 1. The lowest BCUT2D eigenvalue weighted by atomic mass is 9.95. The number of carboxylic acid groups (broad SMARTS) is 1. The first-order valence-electron chi connectivity index (χ1n) is 10.7. The lowest BCUT2D eigenvalue weighted by molar-refractivity contribution is -0.139. The van der Waals surface area contributed by atoms with Crippen LogP contribution in [0.15, 0.2) is 79.0 Å². The van der Waals surface area contributed by atoms with Crippen LogP contribution in [0.1, 0.15) is 21.6 Å². The van der Waals surface area contributed by atoms with Crippen LogP contribution in [-0.4, -0.2) is 41.1 Å². The van der Waals surface area contributed by atoms with Gasteiger partial charge < -0.3 is 24.9 Å². The van der Waals surface area contributed by atoms with Gasteiger partial charge in [0.2, 0.25) is 0 Å². The van der Waals surface area contributed by atoms with Crippen molar-refractivity contribution in [3.63, 3.8) is 0 Å². The van der Waals surface area contributed by atoms with Crippen molar-refractivity contribution in [3.8, 4) is 22.6 Å². The molecular formula is C27H26N2O6. The van der Waals surface area contributed by atoms with Crippen molar-refractivity contribution in [1.29, 1.82) is 0 Å². The van der Waals surface area contributed by atoms with E-state index < -0.39 is 24.3 Å². The van der Waals surface area contributed by atoms with Gasteiger partial charge in [-0.15, -0.1) is 0 Å². The minimum absolute atomic E-state index is 0.0575. The van der Waals surface area contributed by atoms with E-state index in [1.807, 2.05) is 54.6 Å². The third kappa shape index (κ3) is 6.26. The second-order valence-corrected chi connectivity index (χ2v) is 7.64. The molecule has 0 radical (unpaired) electrons. The molecule has 0 aliphatic heterocycles. The van der Waals surface area contributed by atoms with Crippen LogP contribution in [0.4, 0.5) is 0 Å². The SMILES string of the molecule is COc1c(C(=O)C(N)=O)cc(OCC(=O)O)cccn(C)c1Cc1ccccc1-c1ccccc1. The molecule has 0 atom stereocenters. The molecule has 3 rings (SSSR count). The molecule has 35 heavy (non-hydrogen) atoms. The fraction of sp³-hybridized carbons (Fsp3) is 0.148. The first-order valence-corrected chi connectivity index (χ1v) is 10.7. The fourth-order valence-corrected chi connectivity index (χ4v) is 3.65. The van der Waals surface area contributed by atoms with Crippen molar-refractivity contribution < 1.29 is 29.0 Å². The first kappa shape index (κ1) is 25.0. The van der Waals surface area contributed by atoms with Crippen molar-refractivity contribution >= 4 is 17.7 Å². The number of carbonyl (C=O) groups excluding carboxylic acids is 2. The normalized spacial score (nSPS) is 10.2. The second kappa shape index (κ2) is 11.5. The van der Waals surface area contributed by atoms with E-state index in [2.05, 4.69) is 0 Å². The van der Waals surface area contributed by atoms with E-state index in [4.69, 9.17) is 20.3 Å². The maximum absolute atomic E-state index is 12.8. The molecule has 180 valence electrons. The van der Waals surface area contributed by atoms with Crippen molar-refractivity contribution in [1.82, 2.24) is 4.57 Å². The Kier molecular flexibility index (Phi) is 8.24. The van der Waals surface area contributed by atoms with Gasteiger partial charge in [-0.3, -0.25) is 9.59 Å². The summed E-state index contributed by atoms with van der Waals surface area (Å²) in [4.78, 5) is 35.7. The van der Waals surface area contributed by atoms with Gasteiger partial charge in [0.25, 0.3) is 11.7 Å². The number of ketones is 1. The standard InChI is InChI=1S/C27H26N2O6/c1-29-14-8-12-20(35-17-24(30)31)16-22(25(32)27(28)33)26(34-2)23(29)15-19-11-6-7-13-21(19)18-9-4-3-5-10-18/h3-14,16H,15,17H2,1-2H3,(H2,28,33)(H,30,31). The predicted octanol–water partition coefficient (Wildman–Crippen LogP) is 3.55. The number of aliphatic carboxylic acids is 1. The van der Waals surface area contributed by atoms with Gasteiger partial charge in [0.15, 0.2) is 6.61 Å². The summed E-state index contributed by atoms with van der Waals surface area (Å²) in [6.45, 7) is -0.632. The van der Waals surface area contributed by atoms with Crippen LogP contribution in [0.25, 0.3) is 11.1 Å². The Labute approximate surface area is 202 Å². The molecular weight excluding hydrogens is 448 g/mol. The zero-order valence-corrected chi connectivity index (χ0v) is 19.4. The van der Waals surface area contributed by atoms with Gasteiger partial charge in [-0.25, -0.2) is 4.79 Å². The highest BCUT2D eigenvalue weighted by Crippen LogP contribution is 2.30. The van der Waals surface area contributed by atoms with Crippen molar-refractivity contribution in [2.24, 2.45) is 12.8 Å². The fourth-order valence-electron chi connectivity index (χ4n) is 3.65. The largest absolute Gasteiger partial charge is 0.494 e. The Hall–Kier alpha value is -4.59. The lowest BCUT2D eigenvalue weighted by Gasteiger charge is -2.16. The summed E-state index contributed by atoms with van der Waals surface area (Å²) >= 11 is 0. The van der Waals surface area contributed by atoms with E-state index in [0.717, 1.165) is 16.7 Å². The highest BCUT2D eigenvalue weighted by Gasteiger charge is 2.22. The Morgan fingerprint density at radius 2 is 1.66 bits per heavy atom. The number of hydrogen-bond donors (Lipinski definition) is 2. The highest BCUT2D eigenvalue weighted by atomic mass is 16.5. The van der Waals surface area contributed by atoms with E-state index >= 15 is 0 Å². The van der Waals surface area contributed by atoms with Crippen LogP contribution in [0, 0.1) is 0 Å². The third-order valence-corrected chi connectivity index (χ3v) is 5.28. The van der Waals surface area contributed by atoms with Gasteiger partial charge in [-0.2, -0.15) is 0 Å². The van der Waals surface area contributed by atoms with E-state index in [-0.39, 0.29) is 17.1 Å². The monoisotopic (exact) mass is 474 g/mol. The number of methoxy groups -OCH3 is 1. The van der Waals surface area contributed by atoms with Crippen molar-refractivity contribution in [2.45, 2.75) is 6.42 Å². The summed E-state index contributed by atoms with van der Waals surface area (Å²) in [7, 11) is 3.16. The molecule has 0 saturated carbocycles. The number of carboxylic acids is 1. The zero-order chi connectivity index (χ0) is 25.4. The average molecular weight is 475 g/mol. The Morgan fingerprint density at radius 1 is 0.971 bits per heavy atom. The molecule has 8 heteroatoms. The van der Waals surface area contributed by atoms with E-state index in [1.54, 1.807) is 23.9 Å². The summed E-state index contributed by atoms with van der Waals surface area (Å²) in [5.74, 6) is -3.18. The van der Waals surface area contributed by atoms with Gasteiger partial charge in [-0.05, 0) is 34.9 Å². The molecule has 0 saturated heterocycles. The van der Waals surface area contributed by atoms with Crippen LogP contribution >= 0.6 is 0 Å². The molecule has 0 aliphatic rings. The molecule has 0 spiro atoms. The number of nitrogens with two attached hydrogens (primary N) is 1. The predicted molar refractivity (Wildman–Crippen MR) is 131 cm³/mol. The number of nitrogens with zero attached hydrogens (tertiary/aromatic N) is 1. The summed E-state index contributed by atoms with van der Waals surface area (Å²) in [6.07, 6.45) is 2.07. The molecule has 3 N–H and O–H groups in total. The van der Waals surface area contributed by atoms with Gasteiger partial charge in [0.1, 0.15) is 11.5 Å². The number of amides is 1. The minimum Gasteiger partial charge on any atom is -0.494 e. The molecule has 3 aromatic rings. The van der Waals surface area contributed by atoms with E-state index in [9.17, 15) is 14.4 Å². The van der Waals surface area contributed by atoms with Crippen LogP contribution in [-0.2, 0) is 23.1 Å². The van der Waals surface area contributed by atoms with Crippen molar-refractivity contribution in [3.05, 3.63) is 95.8 Å². The molecule has 1 amide bonds. The number of carbonyl (C=O) groups is 3. The minimum atomic E-state index is -1.19. The van der Waals surface area contributed by atoms with Gasteiger partial charge in [-0.1, -0.05) is 54.6 Å². The van der Waals surface area contributed by atoms with Crippen LogP contribution in [0.2, 0.25) is 0 Å². The number of hydrogen-bond acceptors (Lipinski definition) is 5. The average Bonchev–Trinajstić information content (AvgIpc) is 2.91. The number of primary amides is 1. The molecule has 0 bridgehead atoms. The third-order valence-electron chi connectivity index (χ3n) is 5.28. The van der Waals surface area contributed by atoms with E-state index in [0.29, 0.717) is 12.1 Å². The Bertz CT molecular complexity index is 1300. The summed E-state index contributed by atoms with van der Waals surface area (Å²) in [5, 5.41) is 8.98. The van der Waals surface area contributed by atoms with Crippen LogP contribution < -0.4 is 15.2 Å². The smallest absolute Gasteiger partial charge is 0.341 e. The van der Waals surface area contributed by atoms with Gasteiger partial charge in [0, 0.05) is 19.7 Å². The van der Waals surface area contributed by atoms with Gasteiger partial charge >= 0.3 is 5.97 Å². The van der Waals surface area contributed by atoms with Gasteiger partial charge in [0.05, 0.1) is 18.4 Å². The lowest BCUT2D eigenvalue weighted by Crippen LogP contribution is -2.24. The maximum atomic E-state index is 12.8. The van der Waals surface area contributed by atoms with Crippen LogP contribution in [0.5, 0.6) is 11.5 Å². The summed E-state index contributed by atoms with van der Waals surface area (Å²) in [6, 6.07) is 22.1. The zero-order valence-electron chi connectivity index (χ0n) is 19.4. The number of Topliss-reactive ketones (excluding diaryl/α,β-unsaturated/α-hetero) is 1. The number of ether oxygens (including phenoxy) is 2. The molecule has 8 nitrogen and oxygen atoms in total. The number of aromatic nitrogens is 1. The molecule has 2 aromatic carbocycles. The molecule has 0 aliphatic carbocycles. The molecule has 1 heterocycles. The maximum Gasteiger partial charge on any atom is 0.341 e. The Morgan fingerprint density at radius 3 is 2.31 bits per heavy atom. The Balaban J connectivity index is 2.27. The van der Waals surface area contributed by atoms with E-state index in [1.165, 1.54) is 19.2 Å². The molecule has 0 fully saturated rings. The molecule has 1 aromatic heterocycles. The van der Waals surface area contributed by atoms with Crippen LogP contribution in [0.3, 0.4) is 0 Å². The van der Waals surface area contributed by atoms with Crippen molar-refractivity contribution in [2.75, 3.05) is 13.7 Å². The summed E-state index contributed by atoms with van der Waals surface area (Å²) in [5.41, 5.74) is 8.76. The first-order chi connectivity index (χ1) is 16.8. The quantitative estimate of drug-likeness (QED) is 0.361. The second-order valence-electron chi connectivity index (χ2n) is 7.64. The topological polar surface area (TPSA) is 121 Å². The molecule has 0 unspecified atom stereocenters. The summed E-state index contributed by atoms with van der Waals surface area (Å²) < 4.78 is 12.7. The highest BCUT2D eigenvalue weighted by molar-refractivity contribution is 6.43. The number of benzene rings is 2.